The number of likely N-dealkylation sites (tertiary alicyclic amines) is 1. The van der Waals surface area contributed by atoms with Gasteiger partial charge in [0.25, 0.3) is 0 Å². The van der Waals surface area contributed by atoms with E-state index in [0.29, 0.717) is 24.7 Å². The van der Waals surface area contributed by atoms with Gasteiger partial charge in [-0.1, -0.05) is 5.16 Å². The van der Waals surface area contributed by atoms with Crippen LogP contribution in [0, 0.1) is 13.8 Å². The number of nitrogens with zero attached hydrogens (tertiary/aromatic N) is 5. The van der Waals surface area contributed by atoms with Gasteiger partial charge in [-0.15, -0.1) is 0 Å². The molecule has 112 valence electrons. The fraction of sp³-hybridized carbons (Fsp3) is 0.571. The second kappa shape index (κ2) is 5.67. The summed E-state index contributed by atoms with van der Waals surface area (Å²) in [5.41, 5.74) is 1.10. The van der Waals surface area contributed by atoms with Crippen LogP contribution in [0.5, 0.6) is 0 Å². The van der Waals surface area contributed by atoms with Crippen molar-refractivity contribution in [3.05, 3.63) is 29.7 Å². The van der Waals surface area contributed by atoms with Crippen LogP contribution in [0.1, 0.15) is 42.6 Å². The maximum atomic E-state index is 12.4. The molecule has 1 aliphatic heterocycles. The molecular formula is C14H19N5O2. The highest BCUT2D eigenvalue weighted by Gasteiger charge is 2.32. The van der Waals surface area contributed by atoms with Crippen LogP contribution in [0.15, 0.2) is 16.9 Å². The fourth-order valence-corrected chi connectivity index (χ4v) is 2.73. The Hall–Kier alpha value is -2.18. The Morgan fingerprint density at radius 1 is 1.48 bits per heavy atom. The Kier molecular flexibility index (Phi) is 3.72. The lowest BCUT2D eigenvalue weighted by molar-refractivity contribution is -0.132. The Morgan fingerprint density at radius 2 is 2.33 bits per heavy atom. The van der Waals surface area contributed by atoms with E-state index in [2.05, 4.69) is 15.2 Å². The van der Waals surface area contributed by atoms with Crippen molar-refractivity contribution in [2.75, 3.05) is 6.54 Å². The summed E-state index contributed by atoms with van der Waals surface area (Å²) in [6.07, 6.45) is 6.05. The third kappa shape index (κ3) is 2.96. The smallest absolute Gasteiger partial charge is 0.225 e. The number of carbonyl (C=O) groups excluding carboxylic acids is 1. The van der Waals surface area contributed by atoms with Crippen LogP contribution in [-0.4, -0.2) is 37.3 Å². The lowest BCUT2D eigenvalue weighted by Crippen LogP contribution is -2.31. The first-order valence-corrected chi connectivity index (χ1v) is 7.22. The third-order valence-electron chi connectivity index (χ3n) is 3.73. The molecule has 2 aromatic rings. The number of hydrogen-bond donors (Lipinski definition) is 0. The van der Waals surface area contributed by atoms with Crippen LogP contribution >= 0.6 is 0 Å². The molecule has 1 atom stereocenters. The summed E-state index contributed by atoms with van der Waals surface area (Å²) in [4.78, 5) is 18.5. The van der Waals surface area contributed by atoms with Crippen molar-refractivity contribution in [1.29, 1.82) is 0 Å². The van der Waals surface area contributed by atoms with Gasteiger partial charge in [-0.05, 0) is 25.3 Å². The fourth-order valence-electron chi connectivity index (χ4n) is 2.73. The van der Waals surface area contributed by atoms with Crippen LogP contribution in [0.2, 0.25) is 0 Å². The predicted molar refractivity (Wildman–Crippen MR) is 74.3 cm³/mol. The Balaban J connectivity index is 1.63. The average Bonchev–Trinajstić information content (AvgIpc) is 3.16. The number of hydrogen-bond acceptors (Lipinski definition) is 5. The Bertz CT molecular complexity index is 633. The minimum absolute atomic E-state index is 0.0469. The van der Waals surface area contributed by atoms with Crippen LogP contribution in [0.25, 0.3) is 0 Å². The van der Waals surface area contributed by atoms with Gasteiger partial charge in [0.1, 0.15) is 0 Å². The molecule has 1 aliphatic rings. The van der Waals surface area contributed by atoms with E-state index in [0.717, 1.165) is 24.9 Å². The van der Waals surface area contributed by atoms with Crippen LogP contribution in [-0.2, 0) is 11.3 Å². The maximum Gasteiger partial charge on any atom is 0.225 e. The van der Waals surface area contributed by atoms with Gasteiger partial charge >= 0.3 is 0 Å². The van der Waals surface area contributed by atoms with E-state index in [1.807, 2.05) is 18.0 Å². The summed E-state index contributed by atoms with van der Waals surface area (Å²) >= 11 is 0. The molecule has 1 amide bonds. The minimum Gasteiger partial charge on any atom is -0.340 e. The quantitative estimate of drug-likeness (QED) is 0.855. The number of aryl methyl sites for hydroxylation is 3. The first-order chi connectivity index (χ1) is 10.1. The number of carbonyl (C=O) groups is 1. The van der Waals surface area contributed by atoms with Gasteiger partial charge in [0.05, 0.1) is 12.2 Å². The summed E-state index contributed by atoms with van der Waals surface area (Å²) in [7, 11) is 0. The predicted octanol–water partition coefficient (Wildman–Crippen LogP) is 1.64. The number of aromatic nitrogens is 4. The first-order valence-electron chi connectivity index (χ1n) is 7.22. The molecule has 2 aromatic heterocycles. The lowest BCUT2D eigenvalue weighted by Gasteiger charge is -2.22. The molecule has 0 bridgehead atoms. The molecule has 0 N–H and O–H groups in total. The summed E-state index contributed by atoms with van der Waals surface area (Å²) in [5.74, 6) is 1.28. The molecule has 21 heavy (non-hydrogen) atoms. The molecular weight excluding hydrogens is 270 g/mol. The Labute approximate surface area is 122 Å². The highest BCUT2D eigenvalue weighted by molar-refractivity contribution is 5.76. The standard InChI is InChI=1S/C14H19N5O2/c1-10-8-15-18(9-10)7-5-13(20)19-6-3-4-12(19)14-16-11(2)21-17-14/h8-9,12H,3-7H2,1-2H3. The zero-order chi connectivity index (χ0) is 14.8. The summed E-state index contributed by atoms with van der Waals surface area (Å²) < 4.78 is 6.83. The van der Waals surface area contributed by atoms with E-state index < -0.39 is 0 Å². The molecule has 0 aromatic carbocycles. The monoisotopic (exact) mass is 289 g/mol. The van der Waals surface area contributed by atoms with Crippen LogP contribution in [0.3, 0.4) is 0 Å². The van der Waals surface area contributed by atoms with Gasteiger partial charge in [-0.3, -0.25) is 9.48 Å². The van der Waals surface area contributed by atoms with Crippen molar-refractivity contribution < 1.29 is 9.32 Å². The van der Waals surface area contributed by atoms with Gasteiger partial charge in [0.15, 0.2) is 5.82 Å². The van der Waals surface area contributed by atoms with Crippen molar-refractivity contribution in [3.63, 3.8) is 0 Å². The summed E-state index contributed by atoms with van der Waals surface area (Å²) in [6.45, 7) is 5.11. The molecule has 1 saturated heterocycles. The molecule has 0 aliphatic carbocycles. The Morgan fingerprint density at radius 3 is 3.00 bits per heavy atom. The van der Waals surface area contributed by atoms with Crippen molar-refractivity contribution in [2.24, 2.45) is 0 Å². The van der Waals surface area contributed by atoms with Crippen LogP contribution < -0.4 is 0 Å². The largest absolute Gasteiger partial charge is 0.340 e. The average molecular weight is 289 g/mol. The highest BCUT2D eigenvalue weighted by atomic mass is 16.5. The van der Waals surface area contributed by atoms with Gasteiger partial charge in [-0.25, -0.2) is 0 Å². The van der Waals surface area contributed by atoms with Crippen molar-refractivity contribution in [2.45, 2.75) is 45.7 Å². The molecule has 3 rings (SSSR count). The third-order valence-corrected chi connectivity index (χ3v) is 3.73. The molecule has 1 unspecified atom stereocenters. The van der Waals surface area contributed by atoms with Gasteiger partial charge in [0.2, 0.25) is 11.8 Å². The minimum atomic E-state index is -0.0469. The zero-order valence-electron chi connectivity index (χ0n) is 12.3. The van der Waals surface area contributed by atoms with Crippen molar-refractivity contribution in [1.82, 2.24) is 24.8 Å². The zero-order valence-corrected chi connectivity index (χ0v) is 12.3. The maximum absolute atomic E-state index is 12.4. The highest BCUT2D eigenvalue weighted by Crippen LogP contribution is 2.30. The van der Waals surface area contributed by atoms with Crippen LogP contribution in [0.4, 0.5) is 0 Å². The van der Waals surface area contributed by atoms with E-state index in [4.69, 9.17) is 4.52 Å². The SMILES string of the molecule is Cc1cnn(CCC(=O)N2CCCC2c2noc(C)n2)c1. The first kappa shape index (κ1) is 13.8. The van der Waals surface area contributed by atoms with E-state index in [1.54, 1.807) is 17.8 Å². The molecule has 7 nitrogen and oxygen atoms in total. The van der Waals surface area contributed by atoms with Crippen molar-refractivity contribution >= 4 is 5.91 Å². The van der Waals surface area contributed by atoms with Crippen molar-refractivity contribution in [3.8, 4) is 0 Å². The van der Waals surface area contributed by atoms with Gasteiger partial charge in [0, 0.05) is 32.6 Å². The summed E-state index contributed by atoms with van der Waals surface area (Å²) in [6, 6.07) is -0.0469. The topological polar surface area (TPSA) is 77.0 Å². The molecule has 1 fully saturated rings. The molecule has 0 saturated carbocycles. The second-order valence-corrected chi connectivity index (χ2v) is 5.45. The van der Waals surface area contributed by atoms with Gasteiger partial charge < -0.3 is 9.42 Å². The van der Waals surface area contributed by atoms with Gasteiger partial charge in [-0.2, -0.15) is 10.1 Å². The van der Waals surface area contributed by atoms with E-state index in [9.17, 15) is 4.79 Å². The second-order valence-electron chi connectivity index (χ2n) is 5.45. The normalized spacial score (nSPS) is 18.4. The van der Waals surface area contributed by atoms with E-state index in [1.165, 1.54) is 0 Å². The molecule has 0 radical (unpaired) electrons. The number of amides is 1. The molecule has 3 heterocycles. The van der Waals surface area contributed by atoms with E-state index >= 15 is 0 Å². The molecule has 0 spiro atoms. The molecule has 7 heteroatoms. The lowest BCUT2D eigenvalue weighted by atomic mass is 10.2. The van der Waals surface area contributed by atoms with E-state index in [-0.39, 0.29) is 11.9 Å². The summed E-state index contributed by atoms with van der Waals surface area (Å²) in [5, 5.41) is 8.16. The number of rotatable bonds is 4.